The van der Waals surface area contributed by atoms with Crippen molar-refractivity contribution >= 4 is 6.21 Å². The van der Waals surface area contributed by atoms with Gasteiger partial charge in [0.05, 0.1) is 6.21 Å². The number of oxazole rings is 1. The first-order valence-electron chi connectivity index (χ1n) is 1.97. The summed E-state index contributed by atoms with van der Waals surface area (Å²) in [5.41, 5.74) is 0.157. The Labute approximate surface area is 45.3 Å². The maximum absolute atomic E-state index is 8.57. The standard InChI is InChI=1S/C4H4N2O2/c5-1-3-4(7)8-2-6-3/h1-2,5,7H. The van der Waals surface area contributed by atoms with Crippen LogP contribution in [0.2, 0.25) is 0 Å². The Kier molecular flexibility index (Phi) is 0.997. The van der Waals surface area contributed by atoms with Crippen molar-refractivity contribution in [3.05, 3.63) is 12.1 Å². The number of nitrogens with zero attached hydrogens (tertiary/aromatic N) is 1. The van der Waals surface area contributed by atoms with Gasteiger partial charge in [0.25, 0.3) is 0 Å². The Bertz CT molecular complexity index is 194. The van der Waals surface area contributed by atoms with Gasteiger partial charge in [-0.3, -0.25) is 0 Å². The predicted octanol–water partition coefficient (Wildman–Crippen LogP) is 0.378. The molecule has 0 unspecified atom stereocenters. The van der Waals surface area contributed by atoms with Crippen LogP contribution >= 0.6 is 0 Å². The number of rotatable bonds is 1. The highest BCUT2D eigenvalue weighted by atomic mass is 16.5. The first-order chi connectivity index (χ1) is 3.84. The first-order valence-corrected chi connectivity index (χ1v) is 1.97. The van der Waals surface area contributed by atoms with Crippen LogP contribution in [0.4, 0.5) is 0 Å². The van der Waals surface area contributed by atoms with Crippen molar-refractivity contribution in [3.8, 4) is 5.95 Å². The molecule has 0 aliphatic heterocycles. The van der Waals surface area contributed by atoms with Crippen molar-refractivity contribution in [2.75, 3.05) is 0 Å². The highest BCUT2D eigenvalue weighted by Crippen LogP contribution is 2.09. The van der Waals surface area contributed by atoms with E-state index in [0.29, 0.717) is 0 Å². The van der Waals surface area contributed by atoms with Crippen LogP contribution in [0.15, 0.2) is 10.8 Å². The van der Waals surface area contributed by atoms with Gasteiger partial charge in [0.1, 0.15) is 0 Å². The van der Waals surface area contributed by atoms with Crippen molar-refractivity contribution in [2.45, 2.75) is 0 Å². The second kappa shape index (κ2) is 1.65. The van der Waals surface area contributed by atoms with E-state index in [1.54, 1.807) is 0 Å². The molecule has 0 saturated heterocycles. The topological polar surface area (TPSA) is 70.1 Å². The minimum absolute atomic E-state index is 0.157. The zero-order chi connectivity index (χ0) is 5.98. The van der Waals surface area contributed by atoms with Gasteiger partial charge in [-0.2, -0.15) is 0 Å². The van der Waals surface area contributed by atoms with Crippen LogP contribution in [0.5, 0.6) is 5.95 Å². The largest absolute Gasteiger partial charge is 0.479 e. The lowest BCUT2D eigenvalue weighted by Crippen LogP contribution is -1.75. The van der Waals surface area contributed by atoms with E-state index in [1.807, 2.05) is 0 Å². The van der Waals surface area contributed by atoms with Crippen LogP contribution in [-0.4, -0.2) is 16.3 Å². The zero-order valence-corrected chi connectivity index (χ0v) is 3.96. The van der Waals surface area contributed by atoms with Crippen molar-refractivity contribution in [1.29, 1.82) is 5.41 Å². The number of aromatic hydroxyl groups is 1. The molecule has 0 saturated carbocycles. The average Bonchev–Trinajstić information content (AvgIpc) is 2.14. The van der Waals surface area contributed by atoms with Gasteiger partial charge < -0.3 is 14.9 Å². The van der Waals surface area contributed by atoms with Crippen molar-refractivity contribution in [3.63, 3.8) is 0 Å². The van der Waals surface area contributed by atoms with E-state index in [-0.39, 0.29) is 11.6 Å². The van der Waals surface area contributed by atoms with E-state index in [9.17, 15) is 0 Å². The molecule has 4 heteroatoms. The third kappa shape index (κ3) is 0.556. The molecule has 1 aromatic heterocycles. The molecule has 0 bridgehead atoms. The minimum atomic E-state index is -0.306. The zero-order valence-electron chi connectivity index (χ0n) is 3.96. The van der Waals surface area contributed by atoms with Crippen LogP contribution in [0.1, 0.15) is 5.69 Å². The van der Waals surface area contributed by atoms with E-state index in [2.05, 4.69) is 9.40 Å². The number of aromatic nitrogens is 1. The summed E-state index contributed by atoms with van der Waals surface area (Å²) in [6.45, 7) is 0. The number of nitrogens with one attached hydrogen (secondary N) is 1. The molecule has 0 aliphatic carbocycles. The predicted molar refractivity (Wildman–Crippen MR) is 26.1 cm³/mol. The van der Waals surface area contributed by atoms with Crippen LogP contribution in [0, 0.1) is 5.41 Å². The van der Waals surface area contributed by atoms with Crippen molar-refractivity contribution in [2.24, 2.45) is 0 Å². The minimum Gasteiger partial charge on any atom is -0.479 e. The summed E-state index contributed by atoms with van der Waals surface area (Å²) in [7, 11) is 0. The third-order valence-electron chi connectivity index (χ3n) is 0.712. The van der Waals surface area contributed by atoms with Crippen LogP contribution < -0.4 is 0 Å². The van der Waals surface area contributed by atoms with Gasteiger partial charge in [0.2, 0.25) is 0 Å². The molecule has 4 nitrogen and oxygen atoms in total. The van der Waals surface area contributed by atoms with Gasteiger partial charge in [0, 0.05) is 0 Å². The fourth-order valence-electron chi connectivity index (χ4n) is 0.348. The van der Waals surface area contributed by atoms with Gasteiger partial charge in [-0.05, 0) is 0 Å². The second-order valence-electron chi connectivity index (χ2n) is 1.19. The highest BCUT2D eigenvalue weighted by Gasteiger charge is 1.98. The SMILES string of the molecule is N=Cc1ncoc1O. The molecule has 0 atom stereocenters. The summed E-state index contributed by atoms with van der Waals surface area (Å²) in [5, 5.41) is 15.2. The van der Waals surface area contributed by atoms with Crippen LogP contribution in [0.3, 0.4) is 0 Å². The molecule has 8 heavy (non-hydrogen) atoms. The van der Waals surface area contributed by atoms with Crippen molar-refractivity contribution < 1.29 is 9.52 Å². The molecule has 0 spiro atoms. The molecule has 1 aromatic rings. The van der Waals surface area contributed by atoms with Crippen molar-refractivity contribution in [1.82, 2.24) is 4.98 Å². The van der Waals surface area contributed by atoms with Gasteiger partial charge >= 0.3 is 5.95 Å². The average molecular weight is 112 g/mol. The molecule has 0 radical (unpaired) electrons. The summed E-state index contributed by atoms with van der Waals surface area (Å²) >= 11 is 0. The second-order valence-corrected chi connectivity index (χ2v) is 1.19. The van der Waals surface area contributed by atoms with E-state index in [0.717, 1.165) is 12.6 Å². The first kappa shape index (κ1) is 4.83. The molecule has 1 rings (SSSR count). The Morgan fingerprint density at radius 3 is 2.88 bits per heavy atom. The van der Waals surface area contributed by atoms with Crippen LogP contribution in [0.25, 0.3) is 0 Å². The Morgan fingerprint density at radius 2 is 2.62 bits per heavy atom. The Morgan fingerprint density at radius 1 is 1.88 bits per heavy atom. The molecule has 2 N–H and O–H groups in total. The van der Waals surface area contributed by atoms with Gasteiger partial charge in [-0.1, -0.05) is 0 Å². The molecular formula is C4H4N2O2. The Balaban J connectivity index is 3.09. The lowest BCUT2D eigenvalue weighted by Gasteiger charge is -1.77. The summed E-state index contributed by atoms with van der Waals surface area (Å²) in [6.07, 6.45) is 1.99. The molecule has 0 amide bonds. The smallest absolute Gasteiger partial charge is 0.311 e. The normalized spacial score (nSPS) is 9.00. The molecule has 0 fully saturated rings. The highest BCUT2D eigenvalue weighted by molar-refractivity contribution is 5.76. The summed E-state index contributed by atoms with van der Waals surface area (Å²) in [5.74, 6) is -0.306. The monoisotopic (exact) mass is 112 g/mol. The summed E-state index contributed by atoms with van der Waals surface area (Å²) < 4.78 is 4.35. The molecular weight excluding hydrogens is 108 g/mol. The number of hydrogen-bond acceptors (Lipinski definition) is 4. The van der Waals surface area contributed by atoms with Crippen LogP contribution in [-0.2, 0) is 0 Å². The number of hydrogen-bond donors (Lipinski definition) is 2. The lowest BCUT2D eigenvalue weighted by atomic mass is 10.5. The maximum Gasteiger partial charge on any atom is 0.311 e. The maximum atomic E-state index is 8.57. The summed E-state index contributed by atoms with van der Waals surface area (Å²) in [4.78, 5) is 3.47. The quantitative estimate of drug-likeness (QED) is 0.516. The molecule has 0 aliphatic rings. The van der Waals surface area contributed by atoms with E-state index in [1.165, 1.54) is 0 Å². The van der Waals surface area contributed by atoms with Gasteiger partial charge in [0.15, 0.2) is 12.1 Å². The van der Waals surface area contributed by atoms with E-state index < -0.39 is 0 Å². The molecule has 0 aromatic carbocycles. The lowest BCUT2D eigenvalue weighted by molar-refractivity contribution is 0.331. The molecule has 42 valence electrons. The van der Waals surface area contributed by atoms with Gasteiger partial charge in [-0.15, -0.1) is 0 Å². The third-order valence-corrected chi connectivity index (χ3v) is 0.712. The molecule has 1 heterocycles. The van der Waals surface area contributed by atoms with E-state index in [4.69, 9.17) is 10.5 Å². The van der Waals surface area contributed by atoms with Gasteiger partial charge in [-0.25, -0.2) is 4.98 Å². The summed E-state index contributed by atoms with van der Waals surface area (Å²) in [6, 6.07) is 0. The Hall–Kier alpha value is -1.32. The fraction of sp³-hybridized carbons (Fsp3) is 0. The fourth-order valence-corrected chi connectivity index (χ4v) is 0.348. The van der Waals surface area contributed by atoms with E-state index >= 15 is 0 Å².